The zero-order valence-electron chi connectivity index (χ0n) is 17.1. The van der Waals surface area contributed by atoms with Gasteiger partial charge in [-0.05, 0) is 55.3 Å². The van der Waals surface area contributed by atoms with Crippen molar-refractivity contribution in [3.8, 4) is 0 Å². The summed E-state index contributed by atoms with van der Waals surface area (Å²) in [6, 6.07) is 11.9. The maximum Gasteiger partial charge on any atom is 0.165 e. The molecule has 2 atom stereocenters. The fourth-order valence-corrected chi connectivity index (χ4v) is 6.43. The van der Waals surface area contributed by atoms with Crippen LogP contribution in [-0.4, -0.2) is 48.7 Å². The number of thioether (sulfide) groups is 1. The first-order chi connectivity index (χ1) is 14.6. The van der Waals surface area contributed by atoms with Gasteiger partial charge >= 0.3 is 0 Å². The average Bonchev–Trinajstić information content (AvgIpc) is 2.91. The highest BCUT2D eigenvalue weighted by Crippen LogP contribution is 2.50. The Kier molecular flexibility index (Phi) is 5.46. The Hall–Kier alpha value is -2.05. The van der Waals surface area contributed by atoms with Gasteiger partial charge in [-0.3, -0.25) is 4.79 Å². The maximum absolute atomic E-state index is 13.6. The minimum absolute atomic E-state index is 0.0268. The minimum Gasteiger partial charge on any atom is -0.396 e. The first-order valence-electron chi connectivity index (χ1n) is 11.0. The molecule has 158 valence electrons. The number of benzene rings is 2. The lowest BCUT2D eigenvalue weighted by molar-refractivity contribution is 0.0971. The van der Waals surface area contributed by atoms with Crippen LogP contribution in [0.25, 0.3) is 0 Å². The van der Waals surface area contributed by atoms with E-state index in [1.807, 2.05) is 11.8 Å². The summed E-state index contributed by atoms with van der Waals surface area (Å²) in [6.45, 7) is 4.19. The fraction of sp³-hybridized carbons (Fsp3) is 0.458. The molecule has 0 aromatic heterocycles. The molecule has 4 nitrogen and oxygen atoms in total. The predicted octanol–water partition coefficient (Wildman–Crippen LogP) is 4.54. The molecule has 5 rings (SSSR count). The molecule has 6 heteroatoms. The molecule has 1 saturated heterocycles. The smallest absolute Gasteiger partial charge is 0.165 e. The number of anilines is 2. The maximum atomic E-state index is 13.6. The standard InChI is InChI=1S/C24H28FN3OS/c25-19-7-1-6-17(23(19)26)21(29)8-3-11-27-13-10-20-18(15-27)16-5-2-9-22-24(16)28(20)12-4-14-30-22/h1-2,5-7,9,18,20H,3-4,8,10-15,26H2/t18?,20-/m0/s1. The number of nitrogens with two attached hydrogens (primary N) is 1. The number of nitrogen functional groups attached to an aromatic ring is 1. The van der Waals surface area contributed by atoms with Crippen molar-refractivity contribution in [2.24, 2.45) is 0 Å². The molecule has 0 aliphatic carbocycles. The number of rotatable bonds is 5. The summed E-state index contributed by atoms with van der Waals surface area (Å²) in [4.78, 5) is 19.1. The number of likely N-dealkylation sites (tertiary alicyclic amines) is 1. The molecule has 0 spiro atoms. The van der Waals surface area contributed by atoms with Gasteiger partial charge in [0.15, 0.2) is 5.78 Å². The highest BCUT2D eigenvalue weighted by atomic mass is 32.2. The van der Waals surface area contributed by atoms with E-state index in [1.54, 1.807) is 12.1 Å². The Morgan fingerprint density at radius 3 is 2.97 bits per heavy atom. The SMILES string of the molecule is Nc1c(F)cccc1C(=O)CCCN1CC[C@H]2C(C1)c1cccc3c1N2CCCS3. The number of ketones is 1. The largest absolute Gasteiger partial charge is 0.396 e. The highest BCUT2D eigenvalue weighted by Gasteiger charge is 2.43. The highest BCUT2D eigenvalue weighted by molar-refractivity contribution is 7.99. The van der Waals surface area contributed by atoms with E-state index in [0.29, 0.717) is 23.9 Å². The van der Waals surface area contributed by atoms with E-state index >= 15 is 0 Å². The van der Waals surface area contributed by atoms with Crippen molar-refractivity contribution in [2.75, 3.05) is 42.6 Å². The molecule has 0 saturated carbocycles. The number of halogens is 1. The second-order valence-corrected chi connectivity index (χ2v) is 9.72. The number of carbonyl (C=O) groups is 1. The fourth-order valence-electron chi connectivity index (χ4n) is 5.39. The van der Waals surface area contributed by atoms with Crippen molar-refractivity contribution in [1.82, 2.24) is 4.90 Å². The number of nitrogens with zero attached hydrogens (tertiary/aromatic N) is 2. The number of para-hydroxylation sites is 2. The molecule has 2 aromatic carbocycles. The second kappa shape index (κ2) is 8.23. The lowest BCUT2D eigenvalue weighted by Gasteiger charge is -2.39. The third-order valence-electron chi connectivity index (χ3n) is 6.81. The molecular formula is C24H28FN3OS. The van der Waals surface area contributed by atoms with Crippen molar-refractivity contribution in [3.63, 3.8) is 0 Å². The summed E-state index contributed by atoms with van der Waals surface area (Å²) < 4.78 is 13.6. The molecule has 0 bridgehead atoms. The van der Waals surface area contributed by atoms with Gasteiger partial charge < -0.3 is 15.5 Å². The Balaban J connectivity index is 1.23. The zero-order valence-corrected chi connectivity index (χ0v) is 18.0. The molecule has 3 aliphatic heterocycles. The quantitative estimate of drug-likeness (QED) is 0.563. The zero-order chi connectivity index (χ0) is 20.7. The third kappa shape index (κ3) is 3.50. The Labute approximate surface area is 181 Å². The Morgan fingerprint density at radius 2 is 2.07 bits per heavy atom. The van der Waals surface area contributed by atoms with Gasteiger partial charge in [0.05, 0.1) is 11.4 Å². The van der Waals surface area contributed by atoms with Crippen molar-refractivity contribution < 1.29 is 9.18 Å². The van der Waals surface area contributed by atoms with Gasteiger partial charge in [0.1, 0.15) is 5.82 Å². The number of carbonyl (C=O) groups excluding carboxylic acids is 1. The van der Waals surface area contributed by atoms with Crippen LogP contribution >= 0.6 is 11.8 Å². The van der Waals surface area contributed by atoms with E-state index in [2.05, 4.69) is 28.0 Å². The minimum atomic E-state index is -0.516. The first-order valence-corrected chi connectivity index (χ1v) is 11.9. The van der Waals surface area contributed by atoms with Gasteiger partial charge in [0, 0.05) is 48.5 Å². The molecule has 2 aromatic rings. The average molecular weight is 426 g/mol. The van der Waals surface area contributed by atoms with E-state index in [0.717, 1.165) is 26.1 Å². The van der Waals surface area contributed by atoms with Crippen molar-refractivity contribution >= 4 is 28.9 Å². The van der Waals surface area contributed by atoms with E-state index in [4.69, 9.17) is 5.73 Å². The van der Waals surface area contributed by atoms with E-state index in [9.17, 15) is 9.18 Å². The van der Waals surface area contributed by atoms with E-state index in [1.165, 1.54) is 47.4 Å². The lowest BCUT2D eigenvalue weighted by atomic mass is 9.89. The summed E-state index contributed by atoms with van der Waals surface area (Å²) in [5.74, 6) is 1.18. The van der Waals surface area contributed by atoms with Crippen molar-refractivity contribution in [3.05, 3.63) is 53.3 Å². The van der Waals surface area contributed by atoms with Crippen LogP contribution in [0.15, 0.2) is 41.3 Å². The first kappa shape index (κ1) is 19.9. The molecule has 3 heterocycles. The van der Waals surface area contributed by atoms with Crippen molar-refractivity contribution in [2.45, 2.75) is 42.5 Å². The monoisotopic (exact) mass is 425 g/mol. The summed E-state index contributed by atoms with van der Waals surface area (Å²) in [7, 11) is 0. The number of Topliss-reactive ketones (excluding diaryl/α,β-unsaturated/α-hetero) is 1. The summed E-state index contributed by atoms with van der Waals surface area (Å²) in [6.07, 6.45) is 3.60. The van der Waals surface area contributed by atoms with Crippen LogP contribution in [-0.2, 0) is 0 Å². The van der Waals surface area contributed by atoms with Crippen molar-refractivity contribution in [1.29, 1.82) is 0 Å². The molecule has 30 heavy (non-hydrogen) atoms. The molecule has 1 fully saturated rings. The molecule has 0 amide bonds. The van der Waals surface area contributed by atoms with E-state index in [-0.39, 0.29) is 11.5 Å². The molecule has 1 unspecified atom stereocenters. The third-order valence-corrected chi connectivity index (χ3v) is 7.94. The van der Waals surface area contributed by atoms with Crippen LogP contribution in [0.1, 0.15) is 47.5 Å². The topological polar surface area (TPSA) is 49.6 Å². The van der Waals surface area contributed by atoms with Crippen LogP contribution in [0.2, 0.25) is 0 Å². The van der Waals surface area contributed by atoms with Gasteiger partial charge in [0.2, 0.25) is 0 Å². The van der Waals surface area contributed by atoms with Gasteiger partial charge in [0.25, 0.3) is 0 Å². The lowest BCUT2D eigenvalue weighted by Crippen LogP contribution is -2.46. The van der Waals surface area contributed by atoms with Crippen LogP contribution in [0.3, 0.4) is 0 Å². The number of hydrogen-bond donors (Lipinski definition) is 1. The number of fused-ring (bicyclic) bond motifs is 3. The molecular weight excluding hydrogens is 397 g/mol. The number of piperidine rings is 1. The molecule has 0 radical (unpaired) electrons. The molecule has 3 aliphatic rings. The van der Waals surface area contributed by atoms with Gasteiger partial charge in [-0.2, -0.15) is 0 Å². The molecule has 2 N–H and O–H groups in total. The number of hydrogen-bond acceptors (Lipinski definition) is 5. The van der Waals surface area contributed by atoms with Crippen LogP contribution < -0.4 is 10.6 Å². The van der Waals surface area contributed by atoms with Crippen LogP contribution in [0, 0.1) is 5.82 Å². The van der Waals surface area contributed by atoms with Crippen LogP contribution in [0.5, 0.6) is 0 Å². The summed E-state index contributed by atoms with van der Waals surface area (Å²) >= 11 is 2.00. The normalized spacial score (nSPS) is 23.0. The van der Waals surface area contributed by atoms with Crippen LogP contribution in [0.4, 0.5) is 15.8 Å². The second-order valence-electron chi connectivity index (χ2n) is 8.58. The Morgan fingerprint density at radius 1 is 1.20 bits per heavy atom. The van der Waals surface area contributed by atoms with Gasteiger partial charge in [-0.25, -0.2) is 4.39 Å². The van der Waals surface area contributed by atoms with E-state index < -0.39 is 5.82 Å². The van der Waals surface area contributed by atoms with Gasteiger partial charge in [-0.15, -0.1) is 11.8 Å². The summed E-state index contributed by atoms with van der Waals surface area (Å²) in [5.41, 5.74) is 9.04. The predicted molar refractivity (Wildman–Crippen MR) is 121 cm³/mol. The van der Waals surface area contributed by atoms with Gasteiger partial charge in [-0.1, -0.05) is 18.2 Å². The Bertz CT molecular complexity index is 965. The summed E-state index contributed by atoms with van der Waals surface area (Å²) in [5, 5.41) is 0.